The zero-order valence-corrected chi connectivity index (χ0v) is 11.3. The molecule has 1 unspecified atom stereocenters. The van der Waals surface area contributed by atoms with Gasteiger partial charge in [-0.2, -0.15) is 0 Å². The molecule has 2 rings (SSSR count). The van der Waals surface area contributed by atoms with E-state index in [0.29, 0.717) is 12.5 Å². The van der Waals surface area contributed by atoms with E-state index in [2.05, 4.69) is 48.1 Å². The minimum atomic E-state index is 0.450. The summed E-state index contributed by atoms with van der Waals surface area (Å²) in [7, 11) is 0. The Morgan fingerprint density at radius 3 is 2.44 bits per heavy atom. The number of hydrogen-bond donors (Lipinski definition) is 2. The van der Waals surface area contributed by atoms with Crippen LogP contribution in [0.15, 0.2) is 24.3 Å². The summed E-state index contributed by atoms with van der Waals surface area (Å²) in [6.45, 7) is 6.95. The summed E-state index contributed by atoms with van der Waals surface area (Å²) >= 11 is 0. The minimum absolute atomic E-state index is 0.450. The summed E-state index contributed by atoms with van der Waals surface area (Å²) in [6, 6.07) is 8.68. The topological polar surface area (TPSA) is 54.7 Å². The molecule has 0 fully saturated rings. The summed E-state index contributed by atoms with van der Waals surface area (Å²) < 4.78 is 0. The molecule has 0 spiro atoms. The van der Waals surface area contributed by atoms with Crippen molar-refractivity contribution in [2.75, 3.05) is 0 Å². The van der Waals surface area contributed by atoms with Crippen LogP contribution in [0.3, 0.4) is 0 Å². The van der Waals surface area contributed by atoms with Gasteiger partial charge in [-0.05, 0) is 24.8 Å². The first kappa shape index (κ1) is 12.8. The van der Waals surface area contributed by atoms with Crippen LogP contribution >= 0.6 is 0 Å². The Bertz CT molecular complexity index is 511. The van der Waals surface area contributed by atoms with Crippen LogP contribution in [0.5, 0.6) is 0 Å². The molecule has 3 heteroatoms. The van der Waals surface area contributed by atoms with Crippen molar-refractivity contribution >= 4 is 0 Å². The van der Waals surface area contributed by atoms with Gasteiger partial charge in [0.15, 0.2) is 0 Å². The zero-order chi connectivity index (χ0) is 13.1. The SMILES string of the molecule is CCC(C)c1ccc(-c2nc(CN)[nH]c2C)cc1. The van der Waals surface area contributed by atoms with Crippen molar-refractivity contribution in [2.24, 2.45) is 5.73 Å². The van der Waals surface area contributed by atoms with Crippen molar-refractivity contribution in [2.45, 2.75) is 39.7 Å². The molecule has 96 valence electrons. The van der Waals surface area contributed by atoms with Gasteiger partial charge in [0.1, 0.15) is 5.82 Å². The molecule has 0 amide bonds. The maximum atomic E-state index is 5.60. The highest BCUT2D eigenvalue weighted by Crippen LogP contribution is 2.25. The van der Waals surface area contributed by atoms with Gasteiger partial charge >= 0.3 is 0 Å². The molecule has 0 aliphatic carbocycles. The summed E-state index contributed by atoms with van der Waals surface area (Å²) in [5.41, 5.74) is 10.2. The van der Waals surface area contributed by atoms with E-state index in [-0.39, 0.29) is 0 Å². The van der Waals surface area contributed by atoms with Gasteiger partial charge in [0.2, 0.25) is 0 Å². The van der Waals surface area contributed by atoms with Crippen molar-refractivity contribution in [1.29, 1.82) is 0 Å². The molecule has 0 radical (unpaired) electrons. The van der Waals surface area contributed by atoms with E-state index in [1.54, 1.807) is 0 Å². The lowest BCUT2D eigenvalue weighted by Gasteiger charge is -2.09. The first-order valence-electron chi connectivity index (χ1n) is 6.51. The third-order valence-corrected chi connectivity index (χ3v) is 3.49. The van der Waals surface area contributed by atoms with Crippen molar-refractivity contribution in [3.8, 4) is 11.3 Å². The standard InChI is InChI=1S/C15H21N3/c1-4-10(2)12-5-7-13(8-6-12)15-11(3)17-14(9-16)18-15/h5-8,10H,4,9,16H2,1-3H3,(H,17,18). The monoisotopic (exact) mass is 243 g/mol. The third-order valence-electron chi connectivity index (χ3n) is 3.49. The number of hydrogen-bond acceptors (Lipinski definition) is 2. The molecule has 3 N–H and O–H groups in total. The molecule has 18 heavy (non-hydrogen) atoms. The molecule has 0 aliphatic rings. The summed E-state index contributed by atoms with van der Waals surface area (Å²) in [5.74, 6) is 1.45. The first-order chi connectivity index (χ1) is 8.65. The molecule has 0 saturated carbocycles. The second-order valence-corrected chi connectivity index (χ2v) is 4.79. The lowest BCUT2D eigenvalue weighted by Crippen LogP contribution is -1.97. The van der Waals surface area contributed by atoms with E-state index < -0.39 is 0 Å². The number of aryl methyl sites for hydroxylation is 1. The number of aromatic amines is 1. The molecule has 1 atom stereocenters. The lowest BCUT2D eigenvalue weighted by atomic mass is 9.97. The molecule has 1 heterocycles. The van der Waals surface area contributed by atoms with E-state index in [9.17, 15) is 0 Å². The number of nitrogens with two attached hydrogens (primary N) is 1. The van der Waals surface area contributed by atoms with Gasteiger partial charge in [-0.25, -0.2) is 4.98 Å². The minimum Gasteiger partial charge on any atom is -0.344 e. The van der Waals surface area contributed by atoms with Crippen LogP contribution in [0.4, 0.5) is 0 Å². The third kappa shape index (κ3) is 2.46. The molecular weight excluding hydrogens is 222 g/mol. The van der Waals surface area contributed by atoms with Gasteiger partial charge in [0.05, 0.1) is 12.2 Å². The molecular formula is C15H21N3. The fourth-order valence-corrected chi connectivity index (χ4v) is 2.11. The Labute approximate surface area is 108 Å². The average Bonchev–Trinajstić information content (AvgIpc) is 2.79. The van der Waals surface area contributed by atoms with E-state index >= 15 is 0 Å². The molecule has 0 aliphatic heterocycles. The van der Waals surface area contributed by atoms with Crippen molar-refractivity contribution in [3.05, 3.63) is 41.3 Å². The lowest BCUT2D eigenvalue weighted by molar-refractivity contribution is 0.734. The fourth-order valence-electron chi connectivity index (χ4n) is 2.11. The highest BCUT2D eigenvalue weighted by molar-refractivity contribution is 5.62. The Balaban J connectivity index is 2.31. The van der Waals surface area contributed by atoms with Crippen LogP contribution in [0, 0.1) is 6.92 Å². The molecule has 0 bridgehead atoms. The van der Waals surface area contributed by atoms with E-state index in [1.165, 1.54) is 5.56 Å². The summed E-state index contributed by atoms with van der Waals surface area (Å²) in [5, 5.41) is 0. The van der Waals surface area contributed by atoms with Gasteiger partial charge in [0, 0.05) is 11.3 Å². The fraction of sp³-hybridized carbons (Fsp3) is 0.400. The molecule has 1 aromatic heterocycles. The average molecular weight is 243 g/mol. The van der Waals surface area contributed by atoms with Gasteiger partial charge in [-0.3, -0.25) is 0 Å². The molecule has 1 aromatic carbocycles. The molecule has 2 aromatic rings. The highest BCUT2D eigenvalue weighted by Gasteiger charge is 2.09. The van der Waals surface area contributed by atoms with Crippen LogP contribution < -0.4 is 5.73 Å². The van der Waals surface area contributed by atoms with Gasteiger partial charge in [0.25, 0.3) is 0 Å². The van der Waals surface area contributed by atoms with Crippen LogP contribution in [0.1, 0.15) is 43.3 Å². The predicted octanol–water partition coefficient (Wildman–Crippen LogP) is 3.36. The quantitative estimate of drug-likeness (QED) is 0.865. The summed E-state index contributed by atoms with van der Waals surface area (Å²) in [4.78, 5) is 7.72. The Kier molecular flexibility index (Phi) is 3.82. The molecule has 3 nitrogen and oxygen atoms in total. The number of H-pyrrole nitrogens is 1. The first-order valence-corrected chi connectivity index (χ1v) is 6.51. The number of nitrogens with one attached hydrogen (secondary N) is 1. The van der Waals surface area contributed by atoms with Gasteiger partial charge < -0.3 is 10.7 Å². The zero-order valence-electron chi connectivity index (χ0n) is 11.3. The number of nitrogens with zero attached hydrogens (tertiary/aromatic N) is 1. The van der Waals surface area contributed by atoms with Crippen molar-refractivity contribution in [3.63, 3.8) is 0 Å². The highest BCUT2D eigenvalue weighted by atomic mass is 15.0. The number of benzene rings is 1. The largest absolute Gasteiger partial charge is 0.344 e. The van der Waals surface area contributed by atoms with Gasteiger partial charge in [-0.15, -0.1) is 0 Å². The normalized spacial score (nSPS) is 12.7. The van der Waals surface area contributed by atoms with Crippen LogP contribution in [-0.4, -0.2) is 9.97 Å². The Morgan fingerprint density at radius 1 is 1.28 bits per heavy atom. The van der Waals surface area contributed by atoms with E-state index in [1.807, 2.05) is 6.92 Å². The maximum Gasteiger partial charge on any atom is 0.120 e. The second-order valence-electron chi connectivity index (χ2n) is 4.79. The number of imidazole rings is 1. The molecule has 0 saturated heterocycles. The smallest absolute Gasteiger partial charge is 0.120 e. The number of rotatable bonds is 4. The van der Waals surface area contributed by atoms with E-state index in [4.69, 9.17) is 5.73 Å². The van der Waals surface area contributed by atoms with Crippen LogP contribution in [0.2, 0.25) is 0 Å². The summed E-state index contributed by atoms with van der Waals surface area (Å²) in [6.07, 6.45) is 1.16. The second kappa shape index (κ2) is 5.36. The Hall–Kier alpha value is -1.61. The van der Waals surface area contributed by atoms with Crippen LogP contribution in [-0.2, 0) is 6.54 Å². The van der Waals surface area contributed by atoms with E-state index in [0.717, 1.165) is 29.2 Å². The van der Waals surface area contributed by atoms with Gasteiger partial charge in [-0.1, -0.05) is 38.1 Å². The van der Waals surface area contributed by atoms with Crippen LogP contribution in [0.25, 0.3) is 11.3 Å². The maximum absolute atomic E-state index is 5.60. The number of aromatic nitrogens is 2. The predicted molar refractivity (Wildman–Crippen MR) is 75.4 cm³/mol. The van der Waals surface area contributed by atoms with Crippen molar-refractivity contribution < 1.29 is 0 Å². The Morgan fingerprint density at radius 2 is 1.94 bits per heavy atom. The van der Waals surface area contributed by atoms with Crippen molar-refractivity contribution in [1.82, 2.24) is 9.97 Å².